The third-order valence-electron chi connectivity index (χ3n) is 3.68. The molecule has 0 aromatic rings. The fourth-order valence-corrected chi connectivity index (χ4v) is 2.26. The summed E-state index contributed by atoms with van der Waals surface area (Å²) in [6.45, 7) is 3.32. The molecule has 0 radical (unpaired) electrons. The lowest BCUT2D eigenvalue weighted by molar-refractivity contribution is -0.107. The average Bonchev–Trinajstić information content (AvgIpc) is 2.54. The van der Waals surface area contributed by atoms with Crippen molar-refractivity contribution < 1.29 is 14.3 Å². The average molecular weight is 312 g/mol. The number of rotatable bonds is 18. The highest BCUT2D eigenvalue weighted by Gasteiger charge is 1.92. The molecule has 0 atom stereocenters. The first kappa shape index (κ1) is 21.2. The van der Waals surface area contributed by atoms with Crippen LogP contribution < -0.4 is 0 Å². The quantitative estimate of drug-likeness (QED) is 0.139. The Labute approximate surface area is 137 Å². The smallest absolute Gasteiger partial charge is 0.188 e. The Hall–Kier alpha value is -0.830. The second kappa shape index (κ2) is 20.2. The van der Waals surface area contributed by atoms with Gasteiger partial charge in [0, 0.05) is 6.42 Å². The second-order valence-electron chi connectivity index (χ2n) is 5.84. The highest BCUT2D eigenvalue weighted by atomic mass is 16.7. The van der Waals surface area contributed by atoms with E-state index in [2.05, 4.69) is 13.0 Å². The van der Waals surface area contributed by atoms with E-state index in [-0.39, 0.29) is 0 Å². The number of carbonyl (C=O) groups excluding carboxylic acids is 1. The molecule has 0 fully saturated rings. The lowest BCUT2D eigenvalue weighted by Crippen LogP contribution is -1.97. The molecule has 0 aliphatic rings. The molecular weight excluding hydrogens is 276 g/mol. The van der Waals surface area contributed by atoms with Crippen LogP contribution in [0.15, 0.2) is 12.3 Å². The first-order valence-corrected chi connectivity index (χ1v) is 9.19. The van der Waals surface area contributed by atoms with Gasteiger partial charge < -0.3 is 14.3 Å². The molecule has 0 spiro atoms. The van der Waals surface area contributed by atoms with Gasteiger partial charge in [0.15, 0.2) is 6.79 Å². The Bertz CT molecular complexity index is 239. The van der Waals surface area contributed by atoms with Gasteiger partial charge in [0.1, 0.15) is 6.29 Å². The van der Waals surface area contributed by atoms with Crippen molar-refractivity contribution in [1.29, 1.82) is 0 Å². The minimum Gasteiger partial charge on any atom is -0.475 e. The van der Waals surface area contributed by atoms with E-state index in [0.29, 0.717) is 6.79 Å². The number of ether oxygens (including phenoxy) is 2. The van der Waals surface area contributed by atoms with Gasteiger partial charge in [-0.1, -0.05) is 58.3 Å². The number of hydrogen-bond donors (Lipinski definition) is 0. The van der Waals surface area contributed by atoms with Crippen LogP contribution in [0.4, 0.5) is 0 Å². The van der Waals surface area contributed by atoms with Crippen molar-refractivity contribution in [2.24, 2.45) is 0 Å². The molecule has 3 nitrogen and oxygen atoms in total. The molecule has 0 rings (SSSR count). The lowest BCUT2D eigenvalue weighted by atomic mass is 10.1. The summed E-state index contributed by atoms with van der Waals surface area (Å²) >= 11 is 0. The Morgan fingerprint density at radius 2 is 1.36 bits per heavy atom. The van der Waals surface area contributed by atoms with Gasteiger partial charge in [-0.05, 0) is 31.8 Å². The van der Waals surface area contributed by atoms with Gasteiger partial charge in [-0.2, -0.15) is 0 Å². The molecule has 0 heterocycles. The molecule has 0 aliphatic carbocycles. The summed E-state index contributed by atoms with van der Waals surface area (Å²) in [7, 11) is 0. The maximum absolute atomic E-state index is 10.2. The molecule has 22 heavy (non-hydrogen) atoms. The van der Waals surface area contributed by atoms with Crippen LogP contribution in [-0.4, -0.2) is 19.7 Å². The molecule has 0 aliphatic heterocycles. The Balaban J connectivity index is 3.03. The summed E-state index contributed by atoms with van der Waals surface area (Å²) in [5.41, 5.74) is 0. The van der Waals surface area contributed by atoms with Crippen LogP contribution in [0.2, 0.25) is 0 Å². The first-order chi connectivity index (χ1) is 10.9. The predicted molar refractivity (Wildman–Crippen MR) is 92.8 cm³/mol. The van der Waals surface area contributed by atoms with E-state index in [4.69, 9.17) is 9.47 Å². The zero-order chi connectivity index (χ0) is 16.1. The van der Waals surface area contributed by atoms with Crippen LogP contribution in [0.1, 0.15) is 90.4 Å². The van der Waals surface area contributed by atoms with Gasteiger partial charge in [-0.25, -0.2) is 0 Å². The van der Waals surface area contributed by atoms with E-state index in [1.165, 1.54) is 51.4 Å². The molecule has 3 heteroatoms. The Kier molecular flexibility index (Phi) is 19.4. The van der Waals surface area contributed by atoms with E-state index in [1.807, 2.05) is 0 Å². The van der Waals surface area contributed by atoms with Gasteiger partial charge in [0.2, 0.25) is 0 Å². The van der Waals surface area contributed by atoms with Crippen molar-refractivity contribution in [3.63, 3.8) is 0 Å². The fraction of sp³-hybridized carbons (Fsp3) is 0.842. The molecular formula is C19H36O3. The zero-order valence-corrected chi connectivity index (χ0v) is 14.6. The summed E-state index contributed by atoms with van der Waals surface area (Å²) in [6.07, 6.45) is 20.5. The van der Waals surface area contributed by atoms with Crippen LogP contribution in [0.3, 0.4) is 0 Å². The normalized spacial score (nSPS) is 11.1. The molecule has 0 aromatic heterocycles. The second-order valence-corrected chi connectivity index (χ2v) is 5.84. The van der Waals surface area contributed by atoms with E-state index < -0.39 is 0 Å². The minimum atomic E-state index is 0.378. The maximum Gasteiger partial charge on any atom is 0.188 e. The summed E-state index contributed by atoms with van der Waals surface area (Å²) < 4.78 is 10.6. The minimum absolute atomic E-state index is 0.378. The van der Waals surface area contributed by atoms with E-state index in [9.17, 15) is 4.79 Å². The number of allylic oxidation sites excluding steroid dienone is 1. The summed E-state index contributed by atoms with van der Waals surface area (Å²) in [4.78, 5) is 10.2. The van der Waals surface area contributed by atoms with Crippen LogP contribution in [0, 0.1) is 0 Å². The van der Waals surface area contributed by atoms with Gasteiger partial charge in [0.05, 0.1) is 12.9 Å². The van der Waals surface area contributed by atoms with Crippen molar-refractivity contribution in [3.8, 4) is 0 Å². The monoisotopic (exact) mass is 312 g/mol. The number of hydrogen-bond acceptors (Lipinski definition) is 3. The van der Waals surface area contributed by atoms with Crippen LogP contribution in [0.25, 0.3) is 0 Å². The van der Waals surface area contributed by atoms with Gasteiger partial charge in [-0.3, -0.25) is 0 Å². The molecule has 0 unspecified atom stereocenters. The standard InChI is InChI=1S/C19H36O3/c1-2-3-17-21-19-22-18-15-13-11-9-7-5-4-6-8-10-12-14-16-20/h15-16,18H,2-14,17,19H2,1H3. The molecule has 130 valence electrons. The number of carbonyl (C=O) groups is 1. The molecule has 0 saturated carbocycles. The highest BCUT2D eigenvalue weighted by molar-refractivity contribution is 5.48. The zero-order valence-electron chi connectivity index (χ0n) is 14.6. The maximum atomic E-state index is 10.2. The highest BCUT2D eigenvalue weighted by Crippen LogP contribution is 2.11. The first-order valence-electron chi connectivity index (χ1n) is 9.19. The summed E-state index contributed by atoms with van der Waals surface area (Å²) in [5.74, 6) is 0. The van der Waals surface area contributed by atoms with E-state index in [1.54, 1.807) is 6.26 Å². The van der Waals surface area contributed by atoms with Crippen molar-refractivity contribution in [2.75, 3.05) is 13.4 Å². The third kappa shape index (κ3) is 19.2. The van der Waals surface area contributed by atoms with Crippen LogP contribution >= 0.6 is 0 Å². The van der Waals surface area contributed by atoms with Crippen molar-refractivity contribution >= 4 is 6.29 Å². The SMILES string of the molecule is CCCCOCOC=CCCCCCCCCCCCC=O. The molecule has 0 aromatic carbocycles. The van der Waals surface area contributed by atoms with E-state index >= 15 is 0 Å². The van der Waals surface area contributed by atoms with E-state index in [0.717, 1.165) is 45.0 Å². The van der Waals surface area contributed by atoms with Crippen molar-refractivity contribution in [1.82, 2.24) is 0 Å². The molecule has 0 saturated heterocycles. The Morgan fingerprint density at radius 3 is 1.95 bits per heavy atom. The van der Waals surface area contributed by atoms with Gasteiger partial charge >= 0.3 is 0 Å². The summed E-state index contributed by atoms with van der Waals surface area (Å²) in [6, 6.07) is 0. The predicted octanol–water partition coefficient (Wildman–Crippen LogP) is 5.78. The summed E-state index contributed by atoms with van der Waals surface area (Å²) in [5, 5.41) is 0. The largest absolute Gasteiger partial charge is 0.475 e. The fourth-order valence-electron chi connectivity index (χ4n) is 2.26. The lowest BCUT2D eigenvalue weighted by Gasteiger charge is -2.02. The van der Waals surface area contributed by atoms with Crippen LogP contribution in [-0.2, 0) is 14.3 Å². The van der Waals surface area contributed by atoms with Gasteiger partial charge in [-0.15, -0.1) is 0 Å². The van der Waals surface area contributed by atoms with Crippen molar-refractivity contribution in [2.45, 2.75) is 90.4 Å². The van der Waals surface area contributed by atoms with Gasteiger partial charge in [0.25, 0.3) is 0 Å². The topological polar surface area (TPSA) is 35.5 Å². The molecule has 0 bridgehead atoms. The molecule has 0 amide bonds. The Morgan fingerprint density at radius 1 is 0.773 bits per heavy atom. The third-order valence-corrected chi connectivity index (χ3v) is 3.68. The molecule has 0 N–H and O–H groups in total. The number of aldehydes is 1. The number of unbranched alkanes of at least 4 members (excludes halogenated alkanes) is 11. The van der Waals surface area contributed by atoms with Crippen LogP contribution in [0.5, 0.6) is 0 Å². The van der Waals surface area contributed by atoms with Crippen molar-refractivity contribution in [3.05, 3.63) is 12.3 Å².